The highest BCUT2D eigenvalue weighted by Gasteiger charge is 2.62. The topological polar surface area (TPSA) is 55.4 Å². The van der Waals surface area contributed by atoms with Gasteiger partial charge in [-0.3, -0.25) is 4.79 Å². The molecule has 1 amide bonds. The zero-order valence-corrected chi connectivity index (χ0v) is 21.4. The molecule has 0 spiro atoms. The van der Waals surface area contributed by atoms with Gasteiger partial charge in [0.1, 0.15) is 6.10 Å². The number of nitrogens with one attached hydrogen (secondary N) is 1. The summed E-state index contributed by atoms with van der Waals surface area (Å²) in [7, 11) is 0. The van der Waals surface area contributed by atoms with Gasteiger partial charge in [0.25, 0.3) is 0 Å². The van der Waals surface area contributed by atoms with Gasteiger partial charge in [0, 0.05) is 17.4 Å². The van der Waals surface area contributed by atoms with Crippen LogP contribution >= 0.6 is 0 Å². The number of amides is 1. The van der Waals surface area contributed by atoms with Crippen molar-refractivity contribution in [3.8, 4) is 0 Å². The van der Waals surface area contributed by atoms with Crippen molar-refractivity contribution in [3.63, 3.8) is 0 Å². The first kappa shape index (κ1) is 27.1. The Labute approximate surface area is 217 Å². The molecule has 0 aromatic heterocycles. The highest BCUT2D eigenvalue weighted by molar-refractivity contribution is 5.94. The summed E-state index contributed by atoms with van der Waals surface area (Å²) < 4.78 is 86.9. The fraction of sp³-hybridized carbons (Fsp3) is 0.643. The van der Waals surface area contributed by atoms with Gasteiger partial charge in [0.05, 0.1) is 16.8 Å². The molecule has 208 valence electrons. The number of fused-ring (bicyclic) bond motifs is 5. The largest absolute Gasteiger partial charge is 0.458 e. The molecule has 3 saturated carbocycles. The third-order valence-electron chi connectivity index (χ3n) is 9.96. The molecule has 1 aromatic rings. The van der Waals surface area contributed by atoms with Crippen molar-refractivity contribution in [1.29, 1.82) is 0 Å². The van der Waals surface area contributed by atoms with Gasteiger partial charge < -0.3 is 10.1 Å². The van der Waals surface area contributed by atoms with Crippen LogP contribution in [0, 0.1) is 40.4 Å². The van der Waals surface area contributed by atoms with Crippen LogP contribution in [0.15, 0.2) is 30.4 Å². The van der Waals surface area contributed by atoms with Crippen LogP contribution in [0.25, 0.3) is 0 Å². The lowest BCUT2D eigenvalue weighted by molar-refractivity contribution is -0.173. The van der Waals surface area contributed by atoms with E-state index >= 15 is 0 Å². The van der Waals surface area contributed by atoms with Crippen LogP contribution in [0.1, 0.15) is 64.0 Å². The van der Waals surface area contributed by atoms with Crippen LogP contribution in [-0.2, 0) is 26.7 Å². The number of benzene rings is 1. The Morgan fingerprint density at radius 3 is 2.42 bits per heavy atom. The number of anilines is 1. The average Bonchev–Trinajstić information content (AvgIpc) is 3.16. The summed E-state index contributed by atoms with van der Waals surface area (Å²) in [6, 6.07) is 2.12. The van der Waals surface area contributed by atoms with Crippen molar-refractivity contribution in [2.24, 2.45) is 40.4 Å². The number of hydrogen-bond donors (Lipinski definition) is 1. The fourth-order valence-electron chi connectivity index (χ4n) is 8.23. The van der Waals surface area contributed by atoms with Gasteiger partial charge in [-0.05, 0) is 73.3 Å². The van der Waals surface area contributed by atoms with E-state index in [-0.39, 0.29) is 46.6 Å². The Morgan fingerprint density at radius 2 is 1.76 bits per heavy atom. The first-order chi connectivity index (χ1) is 17.5. The molecule has 1 N–H and O–H groups in total. The molecule has 0 radical (unpaired) electrons. The lowest BCUT2D eigenvalue weighted by Crippen LogP contribution is -2.57. The molecule has 4 nitrogen and oxygen atoms in total. The number of carbonyl (C=O) groups is 2. The number of rotatable bonds is 2. The van der Waals surface area contributed by atoms with Gasteiger partial charge in [-0.15, -0.1) is 0 Å². The van der Waals surface area contributed by atoms with E-state index in [9.17, 15) is 35.9 Å². The minimum absolute atomic E-state index is 0.124. The Morgan fingerprint density at radius 1 is 1.05 bits per heavy atom. The van der Waals surface area contributed by atoms with Crippen molar-refractivity contribution in [2.45, 2.75) is 71.3 Å². The number of carbonyl (C=O) groups excluding carboxylic acids is 2. The number of hydrogen-bond acceptors (Lipinski definition) is 3. The second kappa shape index (κ2) is 8.74. The zero-order valence-electron chi connectivity index (χ0n) is 21.4. The summed E-state index contributed by atoms with van der Waals surface area (Å²) in [5, 5.41) is 2.21. The second-order valence-corrected chi connectivity index (χ2v) is 12.2. The van der Waals surface area contributed by atoms with E-state index in [1.807, 2.05) is 6.08 Å². The quantitative estimate of drug-likeness (QED) is 0.316. The normalized spacial score (nSPS) is 38.6. The van der Waals surface area contributed by atoms with Crippen molar-refractivity contribution in [2.75, 3.05) is 5.32 Å². The highest BCUT2D eigenvalue weighted by atomic mass is 19.4. The Kier molecular flexibility index (Phi) is 6.23. The molecular formula is C28H31F6NO3. The minimum Gasteiger partial charge on any atom is -0.458 e. The summed E-state index contributed by atoms with van der Waals surface area (Å²) in [6.07, 6.45) is -3.99. The van der Waals surface area contributed by atoms with Gasteiger partial charge in [-0.2, -0.15) is 26.3 Å². The first-order valence-corrected chi connectivity index (χ1v) is 13.0. The molecule has 1 aromatic carbocycles. The summed E-state index contributed by atoms with van der Waals surface area (Å²) in [4.78, 5) is 25.2. The minimum atomic E-state index is -5.29. The molecule has 1 heterocycles. The molecule has 3 fully saturated rings. The maximum Gasteiger partial charge on any atom is 0.419 e. The fourth-order valence-corrected chi connectivity index (χ4v) is 8.23. The standard InChI is InChI=1S/C28H31F6NO3/c1-14-11-20-26(3,10-8-21(36)38-20)16-7-9-25(2)13-15(12-18(25)22(14)16)24(37)35-19-6-4-5-17(27(29,30)31)23(19)28(32,33)34/h4-6,8,10,14-16,18,20,22H,7,9,11-13H2,1-3H3,(H,35,37)/t14-,15-,16-,18-,20+,22+,25+,26+/m0/s1. The summed E-state index contributed by atoms with van der Waals surface area (Å²) in [5.74, 6) is -0.847. The van der Waals surface area contributed by atoms with Crippen LogP contribution in [0.5, 0.6) is 0 Å². The predicted molar refractivity (Wildman–Crippen MR) is 127 cm³/mol. The van der Waals surface area contributed by atoms with Gasteiger partial charge >= 0.3 is 18.3 Å². The molecule has 0 bridgehead atoms. The molecule has 10 heteroatoms. The lowest BCUT2D eigenvalue weighted by atomic mass is 9.47. The van der Waals surface area contributed by atoms with Gasteiger partial charge in [0.15, 0.2) is 0 Å². The Balaban J connectivity index is 1.41. The highest BCUT2D eigenvalue weighted by Crippen LogP contribution is 2.66. The van der Waals surface area contributed by atoms with E-state index < -0.39 is 41.0 Å². The second-order valence-electron chi connectivity index (χ2n) is 12.2. The summed E-state index contributed by atoms with van der Waals surface area (Å²) in [6.45, 7) is 6.35. The van der Waals surface area contributed by atoms with E-state index in [1.165, 1.54) is 6.08 Å². The average molecular weight is 544 g/mol. The van der Waals surface area contributed by atoms with Crippen LogP contribution in [-0.4, -0.2) is 18.0 Å². The summed E-state index contributed by atoms with van der Waals surface area (Å²) >= 11 is 0. The molecule has 5 rings (SSSR count). The van der Waals surface area contributed by atoms with Crippen LogP contribution in [0.4, 0.5) is 32.0 Å². The number of ether oxygens (including phenoxy) is 1. The molecule has 38 heavy (non-hydrogen) atoms. The molecule has 8 atom stereocenters. The Hall–Kier alpha value is -2.52. The van der Waals surface area contributed by atoms with E-state index in [2.05, 4.69) is 26.1 Å². The maximum absolute atomic E-state index is 13.7. The van der Waals surface area contributed by atoms with E-state index in [1.54, 1.807) is 0 Å². The first-order valence-electron chi connectivity index (χ1n) is 13.0. The number of esters is 1. The Bertz CT molecular complexity index is 1180. The van der Waals surface area contributed by atoms with Crippen molar-refractivity contribution < 1.29 is 40.7 Å². The molecular weight excluding hydrogens is 512 g/mol. The van der Waals surface area contributed by atoms with Crippen molar-refractivity contribution in [1.82, 2.24) is 0 Å². The van der Waals surface area contributed by atoms with Crippen molar-refractivity contribution >= 4 is 17.6 Å². The zero-order chi connectivity index (χ0) is 27.8. The van der Waals surface area contributed by atoms with Crippen molar-refractivity contribution in [3.05, 3.63) is 41.5 Å². The van der Waals surface area contributed by atoms with Crippen LogP contribution in [0.2, 0.25) is 0 Å². The molecule has 3 aliphatic carbocycles. The third kappa shape index (κ3) is 4.31. The molecule has 4 aliphatic rings. The third-order valence-corrected chi connectivity index (χ3v) is 9.96. The number of halogens is 6. The van der Waals surface area contributed by atoms with Crippen LogP contribution in [0.3, 0.4) is 0 Å². The van der Waals surface area contributed by atoms with E-state index in [0.717, 1.165) is 25.0 Å². The monoisotopic (exact) mass is 543 g/mol. The van der Waals surface area contributed by atoms with Crippen LogP contribution < -0.4 is 5.32 Å². The lowest BCUT2D eigenvalue weighted by Gasteiger charge is -2.59. The molecule has 0 unspecified atom stereocenters. The molecule has 1 aliphatic heterocycles. The predicted octanol–water partition coefficient (Wildman–Crippen LogP) is 7.25. The smallest absolute Gasteiger partial charge is 0.419 e. The van der Waals surface area contributed by atoms with Gasteiger partial charge in [0.2, 0.25) is 5.91 Å². The maximum atomic E-state index is 13.7. The van der Waals surface area contributed by atoms with Gasteiger partial charge in [-0.1, -0.05) is 32.9 Å². The number of alkyl halides is 6. The SMILES string of the molecule is C[C@H]1C[C@H]2OC(=O)C=C[C@]2(C)[C@H]2CC[C@]3(C)C[C@@H](C(=O)Nc4cccc(C(F)(F)F)c4C(F)(F)F)C[C@H]3[C@H]12. The van der Waals surface area contributed by atoms with Gasteiger partial charge in [-0.25, -0.2) is 4.79 Å². The van der Waals surface area contributed by atoms with E-state index in [4.69, 9.17) is 4.74 Å². The van der Waals surface area contributed by atoms with E-state index in [0.29, 0.717) is 25.3 Å². The summed E-state index contributed by atoms with van der Waals surface area (Å²) in [5.41, 5.74) is -5.10. The molecule has 0 saturated heterocycles.